The van der Waals surface area contributed by atoms with E-state index >= 15 is 0 Å². The van der Waals surface area contributed by atoms with Gasteiger partial charge in [-0.15, -0.1) is 0 Å². The second-order valence-corrected chi connectivity index (χ2v) is 5.67. The molecule has 0 spiro atoms. The summed E-state index contributed by atoms with van der Waals surface area (Å²) in [5, 5.41) is 2.78. The Bertz CT molecular complexity index is 817. The fourth-order valence-electron chi connectivity index (χ4n) is 2.57. The van der Waals surface area contributed by atoms with Crippen LogP contribution in [0, 0.1) is 0 Å². The third-order valence-corrected chi connectivity index (χ3v) is 3.95. The number of methoxy groups -OCH3 is 2. The van der Waals surface area contributed by atoms with Crippen molar-refractivity contribution in [1.29, 1.82) is 0 Å². The Balaban J connectivity index is 2.01. The van der Waals surface area contributed by atoms with Gasteiger partial charge in [-0.25, -0.2) is 4.79 Å². The van der Waals surface area contributed by atoms with Gasteiger partial charge in [0.1, 0.15) is 5.75 Å². The molecule has 0 atom stereocenters. The lowest BCUT2D eigenvalue weighted by Crippen LogP contribution is -2.37. The van der Waals surface area contributed by atoms with Gasteiger partial charge in [0.05, 0.1) is 25.3 Å². The number of esters is 1. The largest absolute Gasteiger partial charge is 0.496 e. The lowest BCUT2D eigenvalue weighted by molar-refractivity contribution is -0.116. The van der Waals surface area contributed by atoms with Crippen LogP contribution in [-0.2, 0) is 9.53 Å². The molecule has 0 aromatic heterocycles. The number of anilines is 1. The first-order valence-electron chi connectivity index (χ1n) is 8.35. The van der Waals surface area contributed by atoms with Crippen LogP contribution in [0.5, 0.6) is 5.75 Å². The Morgan fingerprint density at radius 3 is 2.26 bits per heavy atom. The van der Waals surface area contributed by atoms with Crippen LogP contribution in [-0.4, -0.2) is 45.1 Å². The molecule has 0 saturated carbocycles. The summed E-state index contributed by atoms with van der Waals surface area (Å²) in [6.07, 6.45) is 0. The molecule has 0 fully saturated rings. The van der Waals surface area contributed by atoms with E-state index in [1.807, 2.05) is 0 Å². The molecule has 0 bridgehead atoms. The first-order chi connectivity index (χ1) is 13.0. The fourth-order valence-corrected chi connectivity index (χ4v) is 2.57. The summed E-state index contributed by atoms with van der Waals surface area (Å²) in [5.41, 5.74) is 1.45. The average Bonchev–Trinajstić information content (AvgIpc) is 2.70. The summed E-state index contributed by atoms with van der Waals surface area (Å²) >= 11 is 0. The lowest BCUT2D eigenvalue weighted by atomic mass is 10.2. The van der Waals surface area contributed by atoms with Gasteiger partial charge in [0, 0.05) is 25.7 Å². The first-order valence-corrected chi connectivity index (χ1v) is 8.35. The van der Waals surface area contributed by atoms with E-state index in [2.05, 4.69) is 10.1 Å². The van der Waals surface area contributed by atoms with Crippen molar-refractivity contribution < 1.29 is 23.9 Å². The molecule has 7 heteroatoms. The molecule has 7 nitrogen and oxygen atoms in total. The second kappa shape index (κ2) is 9.38. The number of carbonyl (C=O) groups is 3. The van der Waals surface area contributed by atoms with Crippen LogP contribution in [0.1, 0.15) is 27.6 Å². The Kier molecular flexibility index (Phi) is 6.93. The molecule has 0 heterocycles. The van der Waals surface area contributed by atoms with Gasteiger partial charge in [0.25, 0.3) is 5.91 Å². The molecule has 27 heavy (non-hydrogen) atoms. The summed E-state index contributed by atoms with van der Waals surface area (Å²) in [7, 11) is 2.81. The highest BCUT2D eigenvalue weighted by Gasteiger charge is 2.15. The Labute approximate surface area is 157 Å². The predicted octanol–water partition coefficient (Wildman–Crippen LogP) is 2.26. The van der Waals surface area contributed by atoms with E-state index in [4.69, 9.17) is 4.74 Å². The zero-order valence-corrected chi connectivity index (χ0v) is 15.5. The zero-order chi connectivity index (χ0) is 19.8. The third kappa shape index (κ3) is 5.07. The maximum absolute atomic E-state index is 12.3. The Hall–Kier alpha value is -3.35. The van der Waals surface area contributed by atoms with Crippen LogP contribution >= 0.6 is 0 Å². The number of benzene rings is 2. The molecule has 0 saturated heterocycles. The van der Waals surface area contributed by atoms with Gasteiger partial charge < -0.3 is 19.7 Å². The van der Waals surface area contributed by atoms with Gasteiger partial charge >= 0.3 is 5.97 Å². The monoisotopic (exact) mass is 370 g/mol. The summed E-state index contributed by atoms with van der Waals surface area (Å²) < 4.78 is 9.84. The highest BCUT2D eigenvalue weighted by molar-refractivity contribution is 5.97. The van der Waals surface area contributed by atoms with Gasteiger partial charge in [0.15, 0.2) is 0 Å². The van der Waals surface area contributed by atoms with Crippen LogP contribution in [0.3, 0.4) is 0 Å². The second-order valence-electron chi connectivity index (χ2n) is 5.67. The molecule has 142 valence electrons. The Morgan fingerprint density at radius 2 is 1.67 bits per heavy atom. The van der Waals surface area contributed by atoms with E-state index in [0.717, 1.165) is 0 Å². The van der Waals surface area contributed by atoms with Crippen molar-refractivity contribution in [2.75, 3.05) is 32.2 Å². The molecule has 0 unspecified atom stereocenters. The highest BCUT2D eigenvalue weighted by atomic mass is 16.5. The Morgan fingerprint density at radius 1 is 1.00 bits per heavy atom. The van der Waals surface area contributed by atoms with Gasteiger partial charge in [-0.1, -0.05) is 12.1 Å². The quantitative estimate of drug-likeness (QED) is 0.756. The van der Waals surface area contributed by atoms with Crippen LogP contribution in [0.2, 0.25) is 0 Å². The number of nitrogens with one attached hydrogen (secondary N) is 1. The number of para-hydroxylation sites is 1. The van der Waals surface area contributed by atoms with Gasteiger partial charge in [0.2, 0.25) is 5.91 Å². The molecule has 1 N–H and O–H groups in total. The number of hydrogen-bond acceptors (Lipinski definition) is 5. The topological polar surface area (TPSA) is 84.9 Å². The van der Waals surface area contributed by atoms with E-state index in [0.29, 0.717) is 22.6 Å². The third-order valence-electron chi connectivity index (χ3n) is 3.95. The molecule has 2 rings (SSSR count). The SMILES string of the molecule is COC(=O)c1ccc(N(CCNC(=O)c2ccccc2OC)C(C)=O)cc1. The van der Waals surface area contributed by atoms with Crippen LogP contribution in [0.25, 0.3) is 0 Å². The molecule has 0 aliphatic rings. The van der Waals surface area contributed by atoms with Gasteiger partial charge in [-0.2, -0.15) is 0 Å². The van der Waals surface area contributed by atoms with E-state index < -0.39 is 5.97 Å². The summed E-state index contributed by atoms with van der Waals surface area (Å²) in [6.45, 7) is 1.99. The first kappa shape index (κ1) is 20.0. The highest BCUT2D eigenvalue weighted by Crippen LogP contribution is 2.18. The molecular formula is C20H22N2O5. The van der Waals surface area contributed by atoms with Crippen molar-refractivity contribution >= 4 is 23.5 Å². The minimum Gasteiger partial charge on any atom is -0.496 e. The summed E-state index contributed by atoms with van der Waals surface area (Å²) in [6, 6.07) is 13.4. The zero-order valence-electron chi connectivity index (χ0n) is 15.5. The molecule has 0 aliphatic carbocycles. The van der Waals surface area contributed by atoms with Crippen molar-refractivity contribution in [2.45, 2.75) is 6.92 Å². The molecule has 2 aromatic rings. The maximum Gasteiger partial charge on any atom is 0.337 e. The summed E-state index contributed by atoms with van der Waals surface area (Å²) in [4.78, 5) is 37.3. The molecule has 0 radical (unpaired) electrons. The smallest absolute Gasteiger partial charge is 0.337 e. The lowest BCUT2D eigenvalue weighted by Gasteiger charge is -2.21. The normalized spacial score (nSPS) is 10.0. The predicted molar refractivity (Wildman–Crippen MR) is 101 cm³/mol. The van der Waals surface area contributed by atoms with Crippen molar-refractivity contribution in [3.63, 3.8) is 0 Å². The van der Waals surface area contributed by atoms with Crippen molar-refractivity contribution in [3.8, 4) is 5.75 Å². The van der Waals surface area contributed by atoms with E-state index in [9.17, 15) is 14.4 Å². The number of nitrogens with zero attached hydrogens (tertiary/aromatic N) is 1. The van der Waals surface area contributed by atoms with Crippen molar-refractivity contribution in [2.24, 2.45) is 0 Å². The molecule has 2 amide bonds. The number of rotatable bonds is 7. The minimum absolute atomic E-state index is 0.174. The molecule has 2 aromatic carbocycles. The number of carbonyl (C=O) groups excluding carboxylic acids is 3. The summed E-state index contributed by atoms with van der Waals surface area (Å²) in [5.74, 6) is -0.416. The fraction of sp³-hybridized carbons (Fsp3) is 0.250. The van der Waals surface area contributed by atoms with Gasteiger partial charge in [-0.3, -0.25) is 9.59 Å². The van der Waals surface area contributed by atoms with Crippen LogP contribution < -0.4 is 15.0 Å². The van der Waals surface area contributed by atoms with Crippen molar-refractivity contribution in [1.82, 2.24) is 5.32 Å². The molecular weight excluding hydrogens is 348 g/mol. The van der Waals surface area contributed by atoms with Crippen LogP contribution in [0.4, 0.5) is 5.69 Å². The van der Waals surface area contributed by atoms with E-state index in [1.54, 1.807) is 48.5 Å². The number of amides is 2. The molecule has 0 aliphatic heterocycles. The van der Waals surface area contributed by atoms with E-state index in [1.165, 1.54) is 26.0 Å². The minimum atomic E-state index is -0.444. The number of hydrogen-bond donors (Lipinski definition) is 1. The van der Waals surface area contributed by atoms with Gasteiger partial charge in [-0.05, 0) is 36.4 Å². The van der Waals surface area contributed by atoms with Crippen molar-refractivity contribution in [3.05, 3.63) is 59.7 Å². The van der Waals surface area contributed by atoms with Crippen LogP contribution in [0.15, 0.2) is 48.5 Å². The average molecular weight is 370 g/mol. The number of ether oxygens (including phenoxy) is 2. The maximum atomic E-state index is 12.3. The standard InChI is InChI=1S/C20H22N2O5/c1-14(23)22(16-10-8-15(9-11-16)20(25)27-3)13-12-21-19(24)17-6-4-5-7-18(17)26-2/h4-11H,12-13H2,1-3H3,(H,21,24). The van der Waals surface area contributed by atoms with E-state index in [-0.39, 0.29) is 24.9 Å².